The minimum absolute atomic E-state index is 0.109. The molecule has 0 saturated heterocycles. The van der Waals surface area contributed by atoms with E-state index < -0.39 is 0 Å². The van der Waals surface area contributed by atoms with Gasteiger partial charge in [-0.05, 0) is 31.9 Å². The third kappa shape index (κ3) is 1.89. The lowest BCUT2D eigenvalue weighted by molar-refractivity contribution is 0.476. The Morgan fingerprint density at radius 1 is 1.53 bits per heavy atom. The largest absolute Gasteiger partial charge is 0.508 e. The van der Waals surface area contributed by atoms with Crippen molar-refractivity contribution in [3.8, 4) is 5.75 Å². The summed E-state index contributed by atoms with van der Waals surface area (Å²) in [4.78, 5) is 4.60. The van der Waals surface area contributed by atoms with Crippen LogP contribution in [0.2, 0.25) is 0 Å². The maximum atomic E-state index is 9.49. The van der Waals surface area contributed by atoms with Crippen LogP contribution in [0.4, 0.5) is 0 Å². The number of aromatic hydroxyl groups is 1. The highest BCUT2D eigenvalue weighted by molar-refractivity contribution is 5.78. The van der Waals surface area contributed by atoms with Crippen LogP contribution in [-0.2, 0) is 6.42 Å². The monoisotopic (exact) mass is 231 g/mol. The van der Waals surface area contributed by atoms with Gasteiger partial charge in [-0.25, -0.2) is 4.98 Å². The van der Waals surface area contributed by atoms with Crippen molar-refractivity contribution in [3.05, 3.63) is 24.0 Å². The van der Waals surface area contributed by atoms with E-state index in [0.717, 1.165) is 23.3 Å². The fourth-order valence-electron chi connectivity index (χ4n) is 2.31. The number of hydrogen-bond donors (Lipinski definition) is 2. The van der Waals surface area contributed by atoms with E-state index in [1.165, 1.54) is 12.8 Å². The van der Waals surface area contributed by atoms with Crippen LogP contribution < -0.4 is 5.73 Å². The third-order valence-corrected chi connectivity index (χ3v) is 3.16. The van der Waals surface area contributed by atoms with E-state index in [0.29, 0.717) is 6.04 Å². The highest BCUT2D eigenvalue weighted by atomic mass is 16.3. The molecule has 3 N–H and O–H groups in total. The lowest BCUT2D eigenvalue weighted by Crippen LogP contribution is -2.20. The summed E-state index contributed by atoms with van der Waals surface area (Å²) in [5, 5.41) is 9.49. The van der Waals surface area contributed by atoms with Gasteiger partial charge in [0.1, 0.15) is 11.6 Å². The van der Waals surface area contributed by atoms with Crippen LogP contribution in [0.25, 0.3) is 11.0 Å². The molecule has 1 aromatic carbocycles. The SMILES string of the molecule is CC(N)Cc1nc2cc(O)ccc2n1C1CC1. The van der Waals surface area contributed by atoms with Gasteiger partial charge in [-0.15, -0.1) is 0 Å². The summed E-state index contributed by atoms with van der Waals surface area (Å²) in [6.07, 6.45) is 3.22. The van der Waals surface area contributed by atoms with Gasteiger partial charge < -0.3 is 15.4 Å². The van der Waals surface area contributed by atoms with Crippen LogP contribution in [0.3, 0.4) is 0 Å². The minimum Gasteiger partial charge on any atom is -0.508 e. The van der Waals surface area contributed by atoms with Gasteiger partial charge in [-0.2, -0.15) is 0 Å². The molecule has 1 unspecified atom stereocenters. The Hall–Kier alpha value is -1.55. The van der Waals surface area contributed by atoms with Crippen LogP contribution >= 0.6 is 0 Å². The number of nitrogens with two attached hydrogens (primary N) is 1. The van der Waals surface area contributed by atoms with E-state index in [4.69, 9.17) is 5.73 Å². The molecule has 90 valence electrons. The van der Waals surface area contributed by atoms with Crippen molar-refractivity contribution >= 4 is 11.0 Å². The number of benzene rings is 1. The Kier molecular flexibility index (Phi) is 2.33. The van der Waals surface area contributed by atoms with Crippen LogP contribution in [0.5, 0.6) is 5.75 Å². The first-order valence-corrected chi connectivity index (χ1v) is 6.10. The van der Waals surface area contributed by atoms with Crippen molar-refractivity contribution in [1.29, 1.82) is 0 Å². The lowest BCUT2D eigenvalue weighted by Gasteiger charge is -2.09. The lowest BCUT2D eigenvalue weighted by atomic mass is 10.2. The predicted molar refractivity (Wildman–Crippen MR) is 67.0 cm³/mol. The Morgan fingerprint density at radius 2 is 2.29 bits per heavy atom. The van der Waals surface area contributed by atoms with E-state index in [9.17, 15) is 5.11 Å². The fourth-order valence-corrected chi connectivity index (χ4v) is 2.31. The molecule has 0 spiro atoms. The first kappa shape index (κ1) is 10.6. The van der Waals surface area contributed by atoms with Crippen LogP contribution in [0, 0.1) is 0 Å². The Morgan fingerprint density at radius 3 is 2.94 bits per heavy atom. The summed E-state index contributed by atoms with van der Waals surface area (Å²) in [5.41, 5.74) is 7.84. The van der Waals surface area contributed by atoms with E-state index in [1.54, 1.807) is 12.1 Å². The first-order valence-electron chi connectivity index (χ1n) is 6.10. The van der Waals surface area contributed by atoms with Gasteiger partial charge in [0.05, 0.1) is 11.0 Å². The van der Waals surface area contributed by atoms with Crippen molar-refractivity contribution in [2.75, 3.05) is 0 Å². The van der Waals surface area contributed by atoms with Crippen molar-refractivity contribution in [2.24, 2.45) is 5.73 Å². The first-order chi connectivity index (χ1) is 8.15. The molecule has 1 saturated carbocycles. The summed E-state index contributed by atoms with van der Waals surface area (Å²) in [5.74, 6) is 1.31. The molecule has 4 nitrogen and oxygen atoms in total. The summed E-state index contributed by atoms with van der Waals surface area (Å²) in [6.45, 7) is 1.99. The van der Waals surface area contributed by atoms with Gasteiger partial charge >= 0.3 is 0 Å². The molecule has 1 atom stereocenters. The predicted octanol–water partition coefficient (Wildman–Crippen LogP) is 1.97. The van der Waals surface area contributed by atoms with Crippen LogP contribution in [0.1, 0.15) is 31.6 Å². The standard InChI is InChI=1S/C13H17N3O/c1-8(14)6-13-15-11-7-10(17)4-5-12(11)16(13)9-2-3-9/h4-5,7-9,17H,2-3,6,14H2,1H3. The summed E-state index contributed by atoms with van der Waals surface area (Å²) < 4.78 is 2.29. The van der Waals surface area contributed by atoms with Crippen LogP contribution in [0.15, 0.2) is 18.2 Å². The number of hydrogen-bond acceptors (Lipinski definition) is 3. The zero-order chi connectivity index (χ0) is 12.0. The molecule has 1 aromatic heterocycles. The van der Waals surface area contributed by atoms with Gasteiger partial charge in [-0.3, -0.25) is 0 Å². The molecule has 1 aliphatic carbocycles. The van der Waals surface area contributed by atoms with Crippen molar-refractivity contribution in [2.45, 2.75) is 38.3 Å². The fraction of sp³-hybridized carbons (Fsp3) is 0.462. The van der Waals surface area contributed by atoms with Gasteiger partial charge in [0, 0.05) is 24.6 Å². The minimum atomic E-state index is 0.109. The van der Waals surface area contributed by atoms with E-state index in [1.807, 2.05) is 13.0 Å². The highest BCUT2D eigenvalue weighted by Gasteiger charge is 2.28. The normalized spacial score (nSPS) is 17.5. The molecule has 2 aromatic rings. The summed E-state index contributed by atoms with van der Waals surface area (Å²) in [7, 11) is 0. The molecular weight excluding hydrogens is 214 g/mol. The molecule has 3 rings (SSSR count). The topological polar surface area (TPSA) is 64.1 Å². The number of rotatable bonds is 3. The van der Waals surface area contributed by atoms with Gasteiger partial charge in [0.15, 0.2) is 0 Å². The maximum absolute atomic E-state index is 9.49. The number of fused-ring (bicyclic) bond motifs is 1. The molecule has 0 aliphatic heterocycles. The molecule has 0 radical (unpaired) electrons. The smallest absolute Gasteiger partial charge is 0.117 e. The molecule has 0 bridgehead atoms. The van der Waals surface area contributed by atoms with E-state index in [2.05, 4.69) is 9.55 Å². The zero-order valence-corrected chi connectivity index (χ0v) is 9.93. The van der Waals surface area contributed by atoms with Crippen molar-refractivity contribution < 1.29 is 5.11 Å². The molecule has 4 heteroatoms. The summed E-state index contributed by atoms with van der Waals surface area (Å²) in [6, 6.07) is 6.08. The molecule has 1 heterocycles. The number of aromatic nitrogens is 2. The van der Waals surface area contributed by atoms with Gasteiger partial charge in [0.25, 0.3) is 0 Å². The number of phenols is 1. The van der Waals surface area contributed by atoms with Crippen molar-refractivity contribution in [1.82, 2.24) is 9.55 Å². The van der Waals surface area contributed by atoms with Crippen molar-refractivity contribution in [3.63, 3.8) is 0 Å². The molecular formula is C13H17N3O. The van der Waals surface area contributed by atoms with E-state index in [-0.39, 0.29) is 11.8 Å². The average molecular weight is 231 g/mol. The number of phenolic OH excluding ortho intramolecular Hbond substituents is 1. The Labute approximate surface area is 100 Å². The molecule has 1 fully saturated rings. The summed E-state index contributed by atoms with van der Waals surface area (Å²) >= 11 is 0. The van der Waals surface area contributed by atoms with Crippen LogP contribution in [-0.4, -0.2) is 20.7 Å². The Balaban J connectivity index is 2.15. The highest BCUT2D eigenvalue weighted by Crippen LogP contribution is 2.39. The second-order valence-corrected chi connectivity index (χ2v) is 4.98. The second-order valence-electron chi connectivity index (χ2n) is 4.98. The average Bonchev–Trinajstić information content (AvgIpc) is 3.00. The Bertz CT molecular complexity index is 555. The zero-order valence-electron chi connectivity index (χ0n) is 9.93. The molecule has 0 amide bonds. The van der Waals surface area contributed by atoms with E-state index >= 15 is 0 Å². The molecule has 1 aliphatic rings. The third-order valence-electron chi connectivity index (χ3n) is 3.16. The van der Waals surface area contributed by atoms with Gasteiger partial charge in [0.2, 0.25) is 0 Å². The van der Waals surface area contributed by atoms with Gasteiger partial charge in [-0.1, -0.05) is 0 Å². The second kappa shape index (κ2) is 3.74. The maximum Gasteiger partial charge on any atom is 0.117 e. The quantitative estimate of drug-likeness (QED) is 0.848. The molecule has 17 heavy (non-hydrogen) atoms. The number of nitrogens with zero attached hydrogens (tertiary/aromatic N) is 2. The number of imidazole rings is 1.